The average molecular weight is 281 g/mol. The van der Waals surface area contributed by atoms with E-state index in [1.807, 2.05) is 12.1 Å². The Morgan fingerprint density at radius 3 is 2.84 bits per heavy atom. The Morgan fingerprint density at radius 1 is 1.42 bits per heavy atom. The van der Waals surface area contributed by atoms with Crippen LogP contribution in [0.2, 0.25) is 5.02 Å². The maximum Gasteiger partial charge on any atom is 0.238 e. The van der Waals surface area contributed by atoms with Crippen molar-refractivity contribution in [3.05, 3.63) is 29.3 Å². The third-order valence-electron chi connectivity index (χ3n) is 3.80. The molecular weight excluding hydrogens is 260 g/mol. The first-order valence-corrected chi connectivity index (χ1v) is 7.32. The van der Waals surface area contributed by atoms with E-state index in [9.17, 15) is 4.79 Å². The molecule has 0 radical (unpaired) electrons. The molecule has 1 aromatic rings. The van der Waals surface area contributed by atoms with Crippen LogP contribution in [0.25, 0.3) is 0 Å². The van der Waals surface area contributed by atoms with Gasteiger partial charge in [-0.15, -0.1) is 0 Å². The summed E-state index contributed by atoms with van der Waals surface area (Å²) in [6.07, 6.45) is 5.21. The fourth-order valence-corrected chi connectivity index (χ4v) is 2.84. The second-order valence-corrected chi connectivity index (χ2v) is 5.71. The third kappa shape index (κ3) is 4.51. The monoisotopic (exact) mass is 280 g/mol. The lowest BCUT2D eigenvalue weighted by atomic mass is 10.00. The van der Waals surface area contributed by atoms with Crippen LogP contribution < -0.4 is 10.6 Å². The summed E-state index contributed by atoms with van der Waals surface area (Å²) in [4.78, 5) is 11.8. The summed E-state index contributed by atoms with van der Waals surface area (Å²) >= 11 is 5.87. The Labute approximate surface area is 119 Å². The number of nitrogens with one attached hydrogen (secondary N) is 2. The summed E-state index contributed by atoms with van der Waals surface area (Å²) in [5.74, 6) is 0.700. The molecule has 1 aromatic carbocycles. The van der Waals surface area contributed by atoms with Crippen molar-refractivity contribution in [2.45, 2.75) is 38.6 Å². The van der Waals surface area contributed by atoms with Gasteiger partial charge >= 0.3 is 0 Å². The van der Waals surface area contributed by atoms with Crippen molar-refractivity contribution in [1.82, 2.24) is 5.32 Å². The smallest absolute Gasteiger partial charge is 0.238 e. The molecule has 0 saturated heterocycles. The van der Waals surface area contributed by atoms with Crippen LogP contribution in [0.3, 0.4) is 0 Å². The molecular formula is C15H21ClN2O. The highest BCUT2D eigenvalue weighted by Gasteiger charge is 2.21. The molecule has 0 aromatic heterocycles. The summed E-state index contributed by atoms with van der Waals surface area (Å²) in [6.45, 7) is 2.52. The predicted octanol–water partition coefficient (Wildman–Crippen LogP) is 3.45. The van der Waals surface area contributed by atoms with E-state index in [0.29, 0.717) is 17.6 Å². The van der Waals surface area contributed by atoms with Crippen molar-refractivity contribution >= 4 is 23.2 Å². The molecule has 1 aliphatic rings. The molecule has 1 saturated carbocycles. The molecule has 0 heterocycles. The minimum Gasteiger partial charge on any atom is -0.325 e. The number of carbonyl (C=O) groups is 1. The molecule has 4 heteroatoms. The van der Waals surface area contributed by atoms with E-state index in [4.69, 9.17) is 11.6 Å². The number of rotatable bonds is 5. The van der Waals surface area contributed by atoms with Crippen molar-refractivity contribution in [3.63, 3.8) is 0 Å². The minimum absolute atomic E-state index is 0.0212. The molecule has 19 heavy (non-hydrogen) atoms. The van der Waals surface area contributed by atoms with Crippen LogP contribution in [0.5, 0.6) is 0 Å². The summed E-state index contributed by atoms with van der Waals surface area (Å²) in [5.41, 5.74) is 0.743. The first-order valence-electron chi connectivity index (χ1n) is 6.94. The van der Waals surface area contributed by atoms with E-state index in [0.717, 1.165) is 11.6 Å². The Bertz CT molecular complexity index is 430. The van der Waals surface area contributed by atoms with Crippen molar-refractivity contribution in [2.24, 2.45) is 5.92 Å². The summed E-state index contributed by atoms with van der Waals surface area (Å²) in [6, 6.07) is 7.61. The summed E-state index contributed by atoms with van der Waals surface area (Å²) in [7, 11) is 0. The number of carbonyl (C=O) groups excluding carboxylic acids is 1. The summed E-state index contributed by atoms with van der Waals surface area (Å²) in [5, 5.41) is 6.79. The normalized spacial score (nSPS) is 17.4. The molecule has 2 rings (SSSR count). The van der Waals surface area contributed by atoms with Crippen molar-refractivity contribution in [2.75, 3.05) is 11.9 Å². The highest BCUT2D eigenvalue weighted by molar-refractivity contribution is 6.30. The van der Waals surface area contributed by atoms with Crippen LogP contribution in [-0.2, 0) is 4.79 Å². The van der Waals surface area contributed by atoms with Gasteiger partial charge in [0.15, 0.2) is 0 Å². The van der Waals surface area contributed by atoms with Gasteiger partial charge in [0.25, 0.3) is 0 Å². The number of hydrogen-bond acceptors (Lipinski definition) is 2. The molecule has 1 atom stereocenters. The molecule has 0 aliphatic heterocycles. The Balaban J connectivity index is 1.75. The largest absolute Gasteiger partial charge is 0.325 e. The second-order valence-electron chi connectivity index (χ2n) is 5.27. The van der Waals surface area contributed by atoms with Crippen LogP contribution in [-0.4, -0.2) is 18.5 Å². The number of anilines is 1. The van der Waals surface area contributed by atoms with Gasteiger partial charge in [0.2, 0.25) is 5.91 Å². The molecule has 2 N–H and O–H groups in total. The van der Waals surface area contributed by atoms with Gasteiger partial charge in [-0.25, -0.2) is 0 Å². The van der Waals surface area contributed by atoms with E-state index in [1.54, 1.807) is 12.1 Å². The van der Waals surface area contributed by atoms with Crippen molar-refractivity contribution in [1.29, 1.82) is 0 Å². The fraction of sp³-hybridized carbons (Fsp3) is 0.533. The van der Waals surface area contributed by atoms with Crippen LogP contribution in [0, 0.1) is 5.92 Å². The third-order valence-corrected chi connectivity index (χ3v) is 4.04. The first-order chi connectivity index (χ1) is 9.15. The van der Waals surface area contributed by atoms with Gasteiger partial charge < -0.3 is 10.6 Å². The molecule has 3 nitrogen and oxygen atoms in total. The van der Waals surface area contributed by atoms with Crippen LogP contribution in [0.1, 0.15) is 32.6 Å². The van der Waals surface area contributed by atoms with E-state index in [2.05, 4.69) is 17.6 Å². The summed E-state index contributed by atoms with van der Waals surface area (Å²) < 4.78 is 0. The van der Waals surface area contributed by atoms with Crippen molar-refractivity contribution in [3.8, 4) is 0 Å². The molecule has 0 spiro atoms. The van der Waals surface area contributed by atoms with Crippen LogP contribution in [0.4, 0.5) is 5.69 Å². The quantitative estimate of drug-likeness (QED) is 0.867. The topological polar surface area (TPSA) is 41.1 Å². The maximum atomic E-state index is 11.8. The molecule has 104 valence electrons. The number of hydrogen-bond donors (Lipinski definition) is 2. The SMILES string of the molecule is C[C@H](NCC(=O)Nc1cccc(Cl)c1)C1CCCC1. The Morgan fingerprint density at radius 2 is 2.16 bits per heavy atom. The first kappa shape index (κ1) is 14.4. The van der Waals surface area contributed by atoms with Crippen LogP contribution >= 0.6 is 11.6 Å². The standard InChI is InChI=1S/C15H21ClN2O/c1-11(12-5-2-3-6-12)17-10-15(19)18-14-8-4-7-13(16)9-14/h4,7-9,11-12,17H,2-3,5-6,10H2,1H3,(H,18,19)/t11-/m0/s1. The molecule has 1 aliphatic carbocycles. The van der Waals surface area contributed by atoms with E-state index >= 15 is 0 Å². The lowest BCUT2D eigenvalue weighted by Crippen LogP contribution is -2.38. The Kier molecular flexibility index (Phi) is 5.23. The lowest BCUT2D eigenvalue weighted by Gasteiger charge is -2.20. The lowest BCUT2D eigenvalue weighted by molar-refractivity contribution is -0.115. The van der Waals surface area contributed by atoms with E-state index in [-0.39, 0.29) is 5.91 Å². The van der Waals surface area contributed by atoms with Gasteiger partial charge in [0.05, 0.1) is 6.54 Å². The zero-order chi connectivity index (χ0) is 13.7. The van der Waals surface area contributed by atoms with Gasteiger partial charge in [0.1, 0.15) is 0 Å². The number of amides is 1. The van der Waals surface area contributed by atoms with Crippen molar-refractivity contribution < 1.29 is 4.79 Å². The zero-order valence-electron chi connectivity index (χ0n) is 11.3. The molecule has 1 amide bonds. The predicted molar refractivity (Wildman–Crippen MR) is 79.5 cm³/mol. The van der Waals surface area contributed by atoms with Gasteiger partial charge in [-0.05, 0) is 43.9 Å². The van der Waals surface area contributed by atoms with Gasteiger partial charge in [0, 0.05) is 16.8 Å². The van der Waals surface area contributed by atoms with Crippen LogP contribution in [0.15, 0.2) is 24.3 Å². The van der Waals surface area contributed by atoms with Gasteiger partial charge in [-0.3, -0.25) is 4.79 Å². The van der Waals surface area contributed by atoms with E-state index in [1.165, 1.54) is 25.7 Å². The van der Waals surface area contributed by atoms with E-state index < -0.39 is 0 Å². The fourth-order valence-electron chi connectivity index (χ4n) is 2.65. The molecule has 1 fully saturated rings. The second kappa shape index (κ2) is 6.92. The minimum atomic E-state index is -0.0212. The average Bonchev–Trinajstić information content (AvgIpc) is 2.90. The number of halogens is 1. The maximum absolute atomic E-state index is 11.8. The molecule has 0 unspecified atom stereocenters. The number of benzene rings is 1. The zero-order valence-corrected chi connectivity index (χ0v) is 12.0. The van der Waals surface area contributed by atoms with Gasteiger partial charge in [-0.1, -0.05) is 30.5 Å². The Hall–Kier alpha value is -1.06. The highest BCUT2D eigenvalue weighted by atomic mass is 35.5. The molecule has 0 bridgehead atoms. The van der Waals surface area contributed by atoms with Gasteiger partial charge in [-0.2, -0.15) is 0 Å². The highest BCUT2D eigenvalue weighted by Crippen LogP contribution is 2.27.